The number of hydrogen-bond acceptors (Lipinski definition) is 5. The van der Waals surface area contributed by atoms with E-state index in [9.17, 15) is 4.79 Å². The van der Waals surface area contributed by atoms with Gasteiger partial charge in [-0.25, -0.2) is 5.84 Å². The van der Waals surface area contributed by atoms with E-state index in [0.29, 0.717) is 45.2 Å². The van der Waals surface area contributed by atoms with Gasteiger partial charge >= 0.3 is 0 Å². The Hall–Kier alpha value is -1.38. The molecule has 8 nitrogen and oxygen atoms in total. The summed E-state index contributed by atoms with van der Waals surface area (Å²) >= 11 is 0. The van der Waals surface area contributed by atoms with Crippen LogP contribution in [-0.4, -0.2) is 58.9 Å². The van der Waals surface area contributed by atoms with Crippen LogP contribution in [0, 0.1) is 0 Å². The summed E-state index contributed by atoms with van der Waals surface area (Å²) in [7, 11) is 3.24. The van der Waals surface area contributed by atoms with Crippen molar-refractivity contribution in [2.75, 3.05) is 47.1 Å². The summed E-state index contributed by atoms with van der Waals surface area (Å²) in [4.78, 5) is 15.6. The summed E-state index contributed by atoms with van der Waals surface area (Å²) in [5.41, 5.74) is 2.45. The number of guanidine groups is 1. The summed E-state index contributed by atoms with van der Waals surface area (Å²) in [6.07, 6.45) is 1.17. The second-order valence-electron chi connectivity index (χ2n) is 3.74. The fraction of sp³-hybridized carbons (Fsp3) is 0.818. The number of nitrogens with two attached hydrogens (primary N) is 1. The fourth-order valence-electron chi connectivity index (χ4n) is 1.23. The van der Waals surface area contributed by atoms with Gasteiger partial charge < -0.3 is 20.1 Å². The van der Waals surface area contributed by atoms with E-state index in [-0.39, 0.29) is 5.91 Å². The lowest BCUT2D eigenvalue weighted by atomic mass is 10.4. The van der Waals surface area contributed by atoms with Gasteiger partial charge in [-0.1, -0.05) is 0 Å². The van der Waals surface area contributed by atoms with Crippen LogP contribution in [0.4, 0.5) is 0 Å². The SMILES string of the molecule is COCCCN=C(NN)NCCC(=O)NCCOC. The number of carbonyl (C=O) groups is 1. The zero-order valence-electron chi connectivity index (χ0n) is 11.7. The lowest BCUT2D eigenvalue weighted by molar-refractivity contribution is -0.121. The molecule has 0 atom stereocenters. The van der Waals surface area contributed by atoms with Crippen molar-refractivity contribution in [1.29, 1.82) is 0 Å². The predicted molar refractivity (Wildman–Crippen MR) is 73.6 cm³/mol. The molecule has 0 aromatic heterocycles. The maximum absolute atomic E-state index is 11.4. The van der Waals surface area contributed by atoms with Crippen LogP contribution in [-0.2, 0) is 14.3 Å². The largest absolute Gasteiger partial charge is 0.385 e. The Kier molecular flexibility index (Phi) is 12.1. The van der Waals surface area contributed by atoms with Gasteiger partial charge in [0.05, 0.1) is 6.61 Å². The van der Waals surface area contributed by atoms with E-state index in [2.05, 4.69) is 21.1 Å². The van der Waals surface area contributed by atoms with E-state index in [4.69, 9.17) is 15.3 Å². The zero-order valence-corrected chi connectivity index (χ0v) is 11.7. The Morgan fingerprint density at radius 1 is 1.16 bits per heavy atom. The van der Waals surface area contributed by atoms with Gasteiger partial charge in [-0.3, -0.25) is 15.2 Å². The second kappa shape index (κ2) is 13.1. The standard InChI is InChI=1S/C11H25N5O3/c1-18-8-3-5-14-11(16-12)15-6-4-10(17)13-7-9-19-2/h3-9,12H2,1-2H3,(H,13,17)(H2,14,15,16). The Morgan fingerprint density at radius 3 is 2.53 bits per heavy atom. The van der Waals surface area contributed by atoms with Gasteiger partial charge in [0.15, 0.2) is 0 Å². The van der Waals surface area contributed by atoms with Crippen molar-refractivity contribution in [2.24, 2.45) is 10.8 Å². The number of methoxy groups -OCH3 is 2. The molecule has 0 aliphatic rings. The highest BCUT2D eigenvalue weighted by Crippen LogP contribution is 1.83. The second-order valence-corrected chi connectivity index (χ2v) is 3.74. The molecule has 0 aromatic carbocycles. The number of ether oxygens (including phenoxy) is 2. The molecule has 112 valence electrons. The van der Waals surface area contributed by atoms with Gasteiger partial charge in [0, 0.05) is 46.9 Å². The van der Waals surface area contributed by atoms with E-state index >= 15 is 0 Å². The van der Waals surface area contributed by atoms with Crippen molar-refractivity contribution >= 4 is 11.9 Å². The van der Waals surface area contributed by atoms with Crippen LogP contribution in [0.5, 0.6) is 0 Å². The number of hydrogen-bond donors (Lipinski definition) is 4. The lowest BCUT2D eigenvalue weighted by Crippen LogP contribution is -2.43. The molecule has 0 saturated heterocycles. The molecule has 0 bridgehead atoms. The van der Waals surface area contributed by atoms with Crippen LogP contribution in [0.15, 0.2) is 4.99 Å². The molecular formula is C11H25N5O3. The van der Waals surface area contributed by atoms with Gasteiger partial charge in [0.2, 0.25) is 11.9 Å². The third-order valence-corrected chi connectivity index (χ3v) is 2.19. The molecule has 0 aromatic rings. The minimum absolute atomic E-state index is 0.0414. The van der Waals surface area contributed by atoms with Gasteiger partial charge in [-0.05, 0) is 6.42 Å². The van der Waals surface area contributed by atoms with Crippen molar-refractivity contribution in [3.8, 4) is 0 Å². The summed E-state index contributed by atoms with van der Waals surface area (Å²) < 4.78 is 9.74. The van der Waals surface area contributed by atoms with Crippen LogP contribution in [0.25, 0.3) is 0 Å². The number of nitrogens with zero attached hydrogens (tertiary/aromatic N) is 1. The van der Waals surface area contributed by atoms with Crippen LogP contribution in [0.2, 0.25) is 0 Å². The summed E-state index contributed by atoms with van der Waals surface area (Å²) in [5.74, 6) is 5.74. The zero-order chi connectivity index (χ0) is 14.3. The Labute approximate surface area is 114 Å². The molecule has 0 saturated carbocycles. The molecule has 19 heavy (non-hydrogen) atoms. The predicted octanol–water partition coefficient (Wildman–Crippen LogP) is -1.42. The van der Waals surface area contributed by atoms with Crippen molar-refractivity contribution in [3.63, 3.8) is 0 Å². The van der Waals surface area contributed by atoms with Crippen LogP contribution < -0.4 is 21.9 Å². The lowest BCUT2D eigenvalue weighted by Gasteiger charge is -2.09. The van der Waals surface area contributed by atoms with Crippen molar-refractivity contribution < 1.29 is 14.3 Å². The Morgan fingerprint density at radius 2 is 1.89 bits per heavy atom. The third kappa shape index (κ3) is 11.4. The molecule has 5 N–H and O–H groups in total. The first-order valence-corrected chi connectivity index (χ1v) is 6.24. The summed E-state index contributed by atoms with van der Waals surface area (Å²) in [6, 6.07) is 0. The van der Waals surface area contributed by atoms with Crippen LogP contribution in [0.1, 0.15) is 12.8 Å². The number of amides is 1. The quantitative estimate of drug-likeness (QED) is 0.128. The average Bonchev–Trinajstić information content (AvgIpc) is 2.41. The Bertz CT molecular complexity index is 261. The molecule has 0 rings (SSSR count). The minimum atomic E-state index is -0.0414. The molecule has 0 fully saturated rings. The average molecular weight is 275 g/mol. The van der Waals surface area contributed by atoms with Gasteiger partial charge in [0.25, 0.3) is 0 Å². The molecule has 1 amide bonds. The first kappa shape index (κ1) is 17.6. The maximum Gasteiger partial charge on any atom is 0.221 e. The Balaban J connectivity index is 3.67. The van der Waals surface area contributed by atoms with Gasteiger partial charge in [-0.15, -0.1) is 0 Å². The molecule has 8 heteroatoms. The molecule has 0 aliphatic carbocycles. The highest BCUT2D eigenvalue weighted by atomic mass is 16.5. The van der Waals surface area contributed by atoms with E-state index in [0.717, 1.165) is 6.42 Å². The number of rotatable bonds is 10. The molecular weight excluding hydrogens is 250 g/mol. The number of nitrogens with one attached hydrogen (secondary N) is 3. The number of hydrazine groups is 1. The monoisotopic (exact) mass is 275 g/mol. The van der Waals surface area contributed by atoms with Gasteiger partial charge in [0.1, 0.15) is 0 Å². The first-order valence-electron chi connectivity index (χ1n) is 6.24. The van der Waals surface area contributed by atoms with Crippen LogP contribution >= 0.6 is 0 Å². The molecule has 0 unspecified atom stereocenters. The van der Waals surface area contributed by atoms with Gasteiger partial charge in [-0.2, -0.15) is 0 Å². The third-order valence-electron chi connectivity index (χ3n) is 2.19. The van der Waals surface area contributed by atoms with E-state index < -0.39 is 0 Å². The number of carbonyl (C=O) groups excluding carboxylic acids is 1. The maximum atomic E-state index is 11.4. The van der Waals surface area contributed by atoms with E-state index in [1.54, 1.807) is 14.2 Å². The topological polar surface area (TPSA) is 110 Å². The van der Waals surface area contributed by atoms with E-state index in [1.807, 2.05) is 0 Å². The molecule has 0 spiro atoms. The minimum Gasteiger partial charge on any atom is -0.385 e. The molecule has 0 aliphatic heterocycles. The number of aliphatic imine (C=N–C) groups is 1. The van der Waals surface area contributed by atoms with Crippen molar-refractivity contribution in [2.45, 2.75) is 12.8 Å². The van der Waals surface area contributed by atoms with Crippen molar-refractivity contribution in [3.05, 3.63) is 0 Å². The van der Waals surface area contributed by atoms with Crippen LogP contribution in [0.3, 0.4) is 0 Å². The highest BCUT2D eigenvalue weighted by Gasteiger charge is 2.01. The smallest absolute Gasteiger partial charge is 0.221 e. The fourth-order valence-corrected chi connectivity index (χ4v) is 1.23. The summed E-state index contributed by atoms with van der Waals surface area (Å²) in [6.45, 7) is 2.76. The van der Waals surface area contributed by atoms with Crippen molar-refractivity contribution in [1.82, 2.24) is 16.1 Å². The first-order chi connectivity index (χ1) is 9.24. The molecule has 0 heterocycles. The normalized spacial score (nSPS) is 11.2. The summed E-state index contributed by atoms with van der Waals surface area (Å²) in [5, 5.41) is 5.67. The van der Waals surface area contributed by atoms with E-state index in [1.165, 1.54) is 0 Å². The molecule has 0 radical (unpaired) electrons. The highest BCUT2D eigenvalue weighted by molar-refractivity contribution is 5.80.